The highest BCUT2D eigenvalue weighted by atomic mass is 16.5. The molecule has 1 atom stereocenters. The molecule has 22 heavy (non-hydrogen) atoms. The number of hydrogen-bond donors (Lipinski definition) is 1. The molecule has 0 spiro atoms. The number of ether oxygens (including phenoxy) is 1. The van der Waals surface area contributed by atoms with E-state index in [1.54, 1.807) is 60.3 Å². The number of amides is 1. The molecule has 1 unspecified atom stereocenters. The zero-order valence-electron chi connectivity index (χ0n) is 12.2. The zero-order chi connectivity index (χ0) is 16.1. The third-order valence-corrected chi connectivity index (χ3v) is 3.21. The fourth-order valence-electron chi connectivity index (χ4n) is 1.99. The van der Waals surface area contributed by atoms with Gasteiger partial charge < -0.3 is 14.6 Å². The van der Waals surface area contributed by atoms with Crippen LogP contribution in [0.4, 0.5) is 5.69 Å². The number of aromatic nitrogens is 1. The minimum Gasteiger partial charge on any atom is -0.497 e. The second kappa shape index (κ2) is 6.59. The summed E-state index contributed by atoms with van der Waals surface area (Å²) < 4.78 is 6.60. The van der Waals surface area contributed by atoms with Gasteiger partial charge in [0.05, 0.1) is 18.9 Å². The number of nitrogens with zero attached hydrogens (tertiary/aromatic N) is 2. The summed E-state index contributed by atoms with van der Waals surface area (Å²) in [7, 11) is 3.22. The maximum Gasteiger partial charge on any atom is 0.249 e. The average molecular weight is 297 g/mol. The number of hydrogen-bond acceptors (Lipinski definition) is 4. The monoisotopic (exact) mass is 297 g/mol. The van der Waals surface area contributed by atoms with Gasteiger partial charge in [-0.2, -0.15) is 5.26 Å². The molecule has 1 amide bonds. The first kappa shape index (κ1) is 15.3. The van der Waals surface area contributed by atoms with Gasteiger partial charge in [-0.1, -0.05) is 0 Å². The Bertz CT molecular complexity index is 726. The van der Waals surface area contributed by atoms with Gasteiger partial charge in [0.25, 0.3) is 0 Å². The van der Waals surface area contributed by atoms with E-state index in [0.717, 1.165) is 0 Å². The van der Waals surface area contributed by atoms with Crippen LogP contribution in [0.3, 0.4) is 0 Å². The molecule has 2 aromatic rings. The minimum absolute atomic E-state index is 0.316. The van der Waals surface area contributed by atoms with Gasteiger partial charge in [-0.3, -0.25) is 9.59 Å². The molecule has 0 aliphatic heterocycles. The smallest absolute Gasteiger partial charge is 0.249 e. The van der Waals surface area contributed by atoms with Gasteiger partial charge in [0.1, 0.15) is 5.75 Å². The van der Waals surface area contributed by atoms with Crippen LogP contribution in [0.1, 0.15) is 10.5 Å². The Morgan fingerprint density at radius 1 is 1.27 bits per heavy atom. The lowest BCUT2D eigenvalue weighted by Crippen LogP contribution is -2.29. The van der Waals surface area contributed by atoms with Crippen molar-refractivity contribution in [2.75, 3.05) is 12.4 Å². The molecule has 6 heteroatoms. The first-order valence-corrected chi connectivity index (χ1v) is 6.57. The molecule has 0 saturated carbocycles. The summed E-state index contributed by atoms with van der Waals surface area (Å²) in [4.78, 5) is 24.4. The highest BCUT2D eigenvalue weighted by Gasteiger charge is 2.29. The number of nitriles is 1. The molecule has 0 radical (unpaired) electrons. The lowest BCUT2D eigenvalue weighted by atomic mass is 10.0. The van der Waals surface area contributed by atoms with Gasteiger partial charge in [-0.25, -0.2) is 0 Å². The fraction of sp³-hybridized carbons (Fsp3) is 0.188. The third-order valence-electron chi connectivity index (χ3n) is 3.21. The highest BCUT2D eigenvalue weighted by molar-refractivity contribution is 6.15. The van der Waals surface area contributed by atoms with E-state index < -0.39 is 17.6 Å². The molecule has 112 valence electrons. The van der Waals surface area contributed by atoms with Crippen molar-refractivity contribution < 1.29 is 14.3 Å². The number of carbonyl (C=O) groups excluding carboxylic acids is 2. The number of rotatable bonds is 5. The standard InChI is InChI=1S/C16H15N3O3/c1-19-9-3-4-14(19)15(20)13(10-17)16(21)18-11-5-7-12(22-2)8-6-11/h3-9,13H,1-2H3,(H,18,21). The van der Waals surface area contributed by atoms with Crippen molar-refractivity contribution in [1.82, 2.24) is 4.57 Å². The Morgan fingerprint density at radius 3 is 2.45 bits per heavy atom. The summed E-state index contributed by atoms with van der Waals surface area (Å²) in [5.74, 6) is -1.93. The molecular formula is C16H15N3O3. The summed E-state index contributed by atoms with van der Waals surface area (Å²) in [6.45, 7) is 0. The van der Waals surface area contributed by atoms with Gasteiger partial charge in [-0.15, -0.1) is 0 Å². The predicted molar refractivity (Wildman–Crippen MR) is 80.5 cm³/mol. The number of benzene rings is 1. The molecule has 0 bridgehead atoms. The van der Waals surface area contributed by atoms with Crippen LogP contribution in [0.25, 0.3) is 0 Å². The van der Waals surface area contributed by atoms with Crippen molar-refractivity contribution in [2.24, 2.45) is 13.0 Å². The van der Waals surface area contributed by atoms with Crippen LogP contribution >= 0.6 is 0 Å². The zero-order valence-corrected chi connectivity index (χ0v) is 12.2. The molecule has 1 heterocycles. The molecule has 6 nitrogen and oxygen atoms in total. The van der Waals surface area contributed by atoms with Crippen LogP contribution in [0.15, 0.2) is 42.6 Å². The van der Waals surface area contributed by atoms with Gasteiger partial charge >= 0.3 is 0 Å². The maximum absolute atomic E-state index is 12.3. The van der Waals surface area contributed by atoms with Crippen molar-refractivity contribution in [1.29, 1.82) is 5.26 Å². The van der Waals surface area contributed by atoms with E-state index in [9.17, 15) is 9.59 Å². The number of anilines is 1. The van der Waals surface area contributed by atoms with Gasteiger partial charge in [0.2, 0.25) is 11.7 Å². The number of carbonyl (C=O) groups is 2. The van der Waals surface area contributed by atoms with E-state index in [4.69, 9.17) is 10.00 Å². The molecule has 1 aromatic carbocycles. The summed E-state index contributed by atoms with van der Waals surface area (Å²) >= 11 is 0. The topological polar surface area (TPSA) is 84.1 Å². The van der Waals surface area contributed by atoms with Crippen LogP contribution in [0, 0.1) is 17.2 Å². The van der Waals surface area contributed by atoms with Crippen molar-refractivity contribution in [2.45, 2.75) is 0 Å². The number of nitrogens with one attached hydrogen (secondary N) is 1. The quantitative estimate of drug-likeness (QED) is 0.675. The molecule has 0 aliphatic rings. The lowest BCUT2D eigenvalue weighted by Gasteiger charge is -2.10. The average Bonchev–Trinajstić information content (AvgIpc) is 2.94. The van der Waals surface area contributed by atoms with Crippen LogP contribution in [-0.4, -0.2) is 23.4 Å². The Kier molecular flexibility index (Phi) is 4.59. The van der Waals surface area contributed by atoms with E-state index in [1.807, 2.05) is 0 Å². The van der Waals surface area contributed by atoms with Crippen LogP contribution in [0.5, 0.6) is 5.75 Å². The number of methoxy groups -OCH3 is 1. The van der Waals surface area contributed by atoms with E-state index in [1.165, 1.54) is 7.11 Å². The van der Waals surface area contributed by atoms with Crippen molar-refractivity contribution in [3.63, 3.8) is 0 Å². The van der Waals surface area contributed by atoms with Crippen LogP contribution < -0.4 is 10.1 Å². The van der Waals surface area contributed by atoms with Gasteiger partial charge in [-0.05, 0) is 36.4 Å². The van der Waals surface area contributed by atoms with Crippen molar-refractivity contribution in [3.05, 3.63) is 48.3 Å². The third kappa shape index (κ3) is 3.15. The van der Waals surface area contributed by atoms with Crippen LogP contribution in [-0.2, 0) is 11.8 Å². The second-order valence-corrected chi connectivity index (χ2v) is 4.65. The summed E-state index contributed by atoms with van der Waals surface area (Å²) in [5.41, 5.74) is 0.808. The van der Waals surface area contributed by atoms with Crippen molar-refractivity contribution >= 4 is 17.4 Å². The minimum atomic E-state index is -1.39. The largest absolute Gasteiger partial charge is 0.497 e. The summed E-state index contributed by atoms with van der Waals surface area (Å²) in [6, 6.07) is 11.6. The molecule has 1 N–H and O–H groups in total. The summed E-state index contributed by atoms with van der Waals surface area (Å²) in [5, 5.41) is 11.7. The van der Waals surface area contributed by atoms with Crippen LogP contribution in [0.2, 0.25) is 0 Å². The Labute approximate surface area is 127 Å². The molecular weight excluding hydrogens is 282 g/mol. The van der Waals surface area contributed by atoms with Gasteiger partial charge in [0, 0.05) is 18.9 Å². The first-order valence-electron chi connectivity index (χ1n) is 6.57. The number of Topliss-reactive ketones (excluding diaryl/α,β-unsaturated/α-hetero) is 1. The highest BCUT2D eigenvalue weighted by Crippen LogP contribution is 2.17. The number of ketones is 1. The molecule has 0 fully saturated rings. The van der Waals surface area contributed by atoms with E-state index in [-0.39, 0.29) is 0 Å². The Hall–Kier alpha value is -3.07. The lowest BCUT2D eigenvalue weighted by molar-refractivity contribution is -0.117. The van der Waals surface area contributed by atoms with E-state index in [2.05, 4.69) is 5.32 Å². The molecule has 0 aliphatic carbocycles. The molecule has 1 aromatic heterocycles. The molecule has 0 saturated heterocycles. The van der Waals surface area contributed by atoms with Crippen molar-refractivity contribution in [3.8, 4) is 11.8 Å². The second-order valence-electron chi connectivity index (χ2n) is 4.65. The number of aryl methyl sites for hydroxylation is 1. The normalized spacial score (nSPS) is 11.3. The molecule has 2 rings (SSSR count). The Balaban J connectivity index is 2.13. The van der Waals surface area contributed by atoms with E-state index in [0.29, 0.717) is 17.1 Å². The van der Waals surface area contributed by atoms with Gasteiger partial charge in [0.15, 0.2) is 5.92 Å². The predicted octanol–water partition coefficient (Wildman–Crippen LogP) is 1.99. The summed E-state index contributed by atoms with van der Waals surface area (Å²) in [6.07, 6.45) is 1.68. The Morgan fingerprint density at radius 2 is 1.95 bits per heavy atom. The van der Waals surface area contributed by atoms with E-state index >= 15 is 0 Å². The first-order chi connectivity index (χ1) is 10.6. The maximum atomic E-state index is 12.3. The fourth-order valence-corrected chi connectivity index (χ4v) is 1.99. The SMILES string of the molecule is COc1ccc(NC(=O)C(C#N)C(=O)c2cccn2C)cc1.